The van der Waals surface area contributed by atoms with Gasteiger partial charge in [-0.3, -0.25) is 4.90 Å². The summed E-state index contributed by atoms with van der Waals surface area (Å²) in [6.45, 7) is 8.66. The molecule has 0 spiro atoms. The molecule has 0 aliphatic heterocycles. The van der Waals surface area contributed by atoms with Gasteiger partial charge in [-0.15, -0.1) is 6.58 Å². The van der Waals surface area contributed by atoms with Crippen molar-refractivity contribution in [2.45, 2.75) is 38.6 Å². The van der Waals surface area contributed by atoms with Crippen molar-refractivity contribution in [3.8, 4) is 0 Å². The van der Waals surface area contributed by atoms with Crippen molar-refractivity contribution in [3.63, 3.8) is 0 Å². The fourth-order valence-electron chi connectivity index (χ4n) is 4.21. The van der Waals surface area contributed by atoms with Gasteiger partial charge in [0.2, 0.25) is 0 Å². The van der Waals surface area contributed by atoms with E-state index < -0.39 is 0 Å². The molecule has 0 fully saturated rings. The molecule has 1 aromatic carbocycles. The van der Waals surface area contributed by atoms with Crippen LogP contribution in [-0.2, 0) is 12.8 Å². The van der Waals surface area contributed by atoms with Crippen LogP contribution in [0.4, 0.5) is 0 Å². The van der Waals surface area contributed by atoms with Gasteiger partial charge in [0.1, 0.15) is 0 Å². The molecule has 2 nitrogen and oxygen atoms in total. The standard InChI is InChI=1S/C21H30N2S/c1-4-7-16(15-24-3)14-23(10-5-2)19-11-17-8-6-9-20-21(17)18(12-19)13-22-20/h4,6,8-9,13,16,19,22H,1,5,7,10-12,14-15H2,2-3H3/t16-,19+/m1/s1. The fraction of sp³-hybridized carbons (Fsp3) is 0.524. The molecule has 0 radical (unpaired) electrons. The number of allylic oxidation sites excluding steroid dienone is 1. The van der Waals surface area contributed by atoms with Crippen LogP contribution in [0.5, 0.6) is 0 Å². The van der Waals surface area contributed by atoms with Gasteiger partial charge in [0.25, 0.3) is 0 Å². The van der Waals surface area contributed by atoms with E-state index in [0.29, 0.717) is 12.0 Å². The number of nitrogens with zero attached hydrogens (tertiary/aromatic N) is 1. The molecular formula is C21H30N2S. The minimum Gasteiger partial charge on any atom is -0.361 e. The monoisotopic (exact) mass is 342 g/mol. The summed E-state index contributed by atoms with van der Waals surface area (Å²) in [4.78, 5) is 6.21. The van der Waals surface area contributed by atoms with E-state index in [1.165, 1.54) is 60.1 Å². The maximum Gasteiger partial charge on any atom is 0.0459 e. The molecule has 24 heavy (non-hydrogen) atoms. The van der Waals surface area contributed by atoms with E-state index in [1.54, 1.807) is 0 Å². The minimum absolute atomic E-state index is 0.632. The topological polar surface area (TPSA) is 19.0 Å². The van der Waals surface area contributed by atoms with Gasteiger partial charge >= 0.3 is 0 Å². The summed E-state index contributed by atoms with van der Waals surface area (Å²) in [5, 5.41) is 1.48. The molecule has 1 N–H and O–H groups in total. The molecular weight excluding hydrogens is 312 g/mol. The van der Waals surface area contributed by atoms with Gasteiger partial charge in [-0.1, -0.05) is 25.1 Å². The Labute approximate surface area is 150 Å². The summed E-state index contributed by atoms with van der Waals surface area (Å²) in [6.07, 6.45) is 11.2. The van der Waals surface area contributed by atoms with Gasteiger partial charge in [-0.25, -0.2) is 0 Å². The van der Waals surface area contributed by atoms with Gasteiger partial charge in [-0.2, -0.15) is 11.8 Å². The van der Waals surface area contributed by atoms with E-state index in [2.05, 4.69) is 60.1 Å². The van der Waals surface area contributed by atoms with E-state index >= 15 is 0 Å². The molecule has 130 valence electrons. The second-order valence-corrected chi connectivity index (χ2v) is 7.97. The first kappa shape index (κ1) is 17.6. The maximum atomic E-state index is 3.97. The molecule has 1 aromatic heterocycles. The smallest absolute Gasteiger partial charge is 0.0459 e. The molecule has 3 rings (SSSR count). The SMILES string of the molecule is C=CC[C@@H](CSC)CN(CCC)[C@H]1Cc2cccc3[nH]cc(c23)C1. The van der Waals surface area contributed by atoms with Crippen molar-refractivity contribution >= 4 is 22.7 Å². The fourth-order valence-corrected chi connectivity index (χ4v) is 4.93. The zero-order valence-electron chi connectivity index (χ0n) is 15.1. The number of rotatable bonds is 9. The molecule has 1 aliphatic carbocycles. The number of nitrogens with one attached hydrogen (secondary N) is 1. The Morgan fingerprint density at radius 2 is 2.21 bits per heavy atom. The highest BCUT2D eigenvalue weighted by Gasteiger charge is 2.27. The summed E-state index contributed by atoms with van der Waals surface area (Å²) in [5.41, 5.74) is 4.32. The van der Waals surface area contributed by atoms with Crippen LogP contribution in [0.3, 0.4) is 0 Å². The van der Waals surface area contributed by atoms with E-state index in [1.807, 2.05) is 11.8 Å². The highest BCUT2D eigenvalue weighted by molar-refractivity contribution is 7.98. The maximum absolute atomic E-state index is 3.97. The molecule has 0 bridgehead atoms. The Morgan fingerprint density at radius 1 is 1.38 bits per heavy atom. The largest absolute Gasteiger partial charge is 0.361 e. The lowest BCUT2D eigenvalue weighted by Crippen LogP contribution is -2.43. The van der Waals surface area contributed by atoms with Crippen molar-refractivity contribution in [2.75, 3.05) is 25.1 Å². The lowest BCUT2D eigenvalue weighted by molar-refractivity contribution is 0.168. The highest BCUT2D eigenvalue weighted by atomic mass is 32.2. The molecule has 0 amide bonds. The van der Waals surface area contributed by atoms with Gasteiger partial charge < -0.3 is 4.98 Å². The summed E-state index contributed by atoms with van der Waals surface area (Å²) in [7, 11) is 0. The first-order valence-electron chi connectivity index (χ1n) is 9.18. The molecule has 0 saturated carbocycles. The molecule has 0 saturated heterocycles. The zero-order valence-corrected chi connectivity index (χ0v) is 15.9. The Kier molecular flexibility index (Phi) is 6.07. The zero-order chi connectivity index (χ0) is 16.9. The number of thioether (sulfide) groups is 1. The summed E-state index contributed by atoms with van der Waals surface area (Å²) in [5.74, 6) is 1.94. The molecule has 2 atom stereocenters. The molecule has 1 heterocycles. The van der Waals surface area contributed by atoms with E-state index in [4.69, 9.17) is 0 Å². The van der Waals surface area contributed by atoms with Crippen LogP contribution in [0, 0.1) is 5.92 Å². The molecule has 2 aromatic rings. The first-order chi connectivity index (χ1) is 11.8. The highest BCUT2D eigenvalue weighted by Crippen LogP contribution is 2.32. The predicted octanol–water partition coefficient (Wildman–Crippen LogP) is 4.90. The van der Waals surface area contributed by atoms with Crippen molar-refractivity contribution < 1.29 is 0 Å². The molecule has 3 heteroatoms. The van der Waals surface area contributed by atoms with Crippen molar-refractivity contribution in [1.82, 2.24) is 9.88 Å². The van der Waals surface area contributed by atoms with Crippen molar-refractivity contribution in [3.05, 3.63) is 48.2 Å². The van der Waals surface area contributed by atoms with Gasteiger partial charge in [0, 0.05) is 29.7 Å². The van der Waals surface area contributed by atoms with Crippen LogP contribution >= 0.6 is 11.8 Å². The number of H-pyrrole nitrogens is 1. The molecule has 1 aliphatic rings. The second-order valence-electron chi connectivity index (χ2n) is 7.06. The Hall–Kier alpha value is -1.19. The van der Waals surface area contributed by atoms with Crippen LogP contribution in [0.25, 0.3) is 10.9 Å². The van der Waals surface area contributed by atoms with Crippen LogP contribution in [-0.4, -0.2) is 41.0 Å². The van der Waals surface area contributed by atoms with E-state index in [-0.39, 0.29) is 0 Å². The normalized spacial score (nSPS) is 18.2. The predicted molar refractivity (Wildman–Crippen MR) is 108 cm³/mol. The van der Waals surface area contributed by atoms with E-state index in [9.17, 15) is 0 Å². The van der Waals surface area contributed by atoms with Crippen LogP contribution < -0.4 is 0 Å². The quantitative estimate of drug-likeness (QED) is 0.654. The Morgan fingerprint density at radius 3 is 2.96 bits per heavy atom. The number of hydrogen-bond acceptors (Lipinski definition) is 2. The number of aromatic amines is 1. The van der Waals surface area contributed by atoms with Crippen LogP contribution in [0.15, 0.2) is 37.1 Å². The summed E-state index contributed by atoms with van der Waals surface area (Å²) < 4.78 is 0. The average molecular weight is 343 g/mol. The summed E-state index contributed by atoms with van der Waals surface area (Å²) >= 11 is 1.96. The van der Waals surface area contributed by atoms with Crippen molar-refractivity contribution in [2.24, 2.45) is 5.92 Å². The lowest BCUT2D eigenvalue weighted by Gasteiger charge is -2.36. The van der Waals surface area contributed by atoms with Crippen LogP contribution in [0.1, 0.15) is 30.9 Å². The Balaban J connectivity index is 1.78. The Bertz CT molecular complexity index is 676. The second kappa shape index (κ2) is 8.26. The van der Waals surface area contributed by atoms with Gasteiger partial charge in [-0.05, 0) is 67.3 Å². The van der Waals surface area contributed by atoms with Gasteiger partial charge in [0.15, 0.2) is 0 Å². The molecule has 0 unspecified atom stereocenters. The third kappa shape index (κ3) is 3.73. The third-order valence-electron chi connectivity index (χ3n) is 5.21. The van der Waals surface area contributed by atoms with Crippen LogP contribution in [0.2, 0.25) is 0 Å². The minimum atomic E-state index is 0.632. The van der Waals surface area contributed by atoms with E-state index in [0.717, 1.165) is 6.42 Å². The average Bonchev–Trinajstić information content (AvgIpc) is 3.00. The van der Waals surface area contributed by atoms with Gasteiger partial charge in [0.05, 0.1) is 0 Å². The van der Waals surface area contributed by atoms with Crippen molar-refractivity contribution in [1.29, 1.82) is 0 Å². The summed E-state index contributed by atoms with van der Waals surface area (Å²) in [6, 6.07) is 7.34. The lowest BCUT2D eigenvalue weighted by atomic mass is 9.88. The number of aromatic nitrogens is 1. The number of benzene rings is 1. The number of hydrogen-bond donors (Lipinski definition) is 1. The first-order valence-corrected chi connectivity index (χ1v) is 10.6. The third-order valence-corrected chi connectivity index (χ3v) is 6.01.